The van der Waals surface area contributed by atoms with E-state index in [4.69, 9.17) is 11.6 Å². The van der Waals surface area contributed by atoms with Crippen LogP contribution in [0, 0.1) is 5.92 Å². The van der Waals surface area contributed by atoms with E-state index in [1.807, 2.05) is 6.07 Å². The minimum Gasteiger partial charge on any atom is -0.394 e. The number of hydrogen-bond donors (Lipinski definition) is 3. The molecule has 0 bridgehead atoms. The van der Waals surface area contributed by atoms with Crippen molar-refractivity contribution in [1.29, 1.82) is 0 Å². The van der Waals surface area contributed by atoms with E-state index in [2.05, 4.69) is 20.7 Å². The molecular formula is C18H18ClN5O3S. The number of halogens is 1. The molecule has 0 spiro atoms. The van der Waals surface area contributed by atoms with Gasteiger partial charge in [-0.15, -0.1) is 0 Å². The third-order valence-corrected chi connectivity index (χ3v) is 5.64. The van der Waals surface area contributed by atoms with E-state index < -0.39 is 11.9 Å². The predicted molar refractivity (Wildman–Crippen MR) is 107 cm³/mol. The summed E-state index contributed by atoms with van der Waals surface area (Å²) in [6.07, 6.45) is 1.77. The van der Waals surface area contributed by atoms with Gasteiger partial charge in [0.25, 0.3) is 5.91 Å². The van der Waals surface area contributed by atoms with Crippen molar-refractivity contribution in [3.05, 3.63) is 35.0 Å². The normalized spacial score (nSPS) is 14.8. The van der Waals surface area contributed by atoms with Crippen molar-refractivity contribution in [3.8, 4) is 5.69 Å². The Bertz CT molecular complexity index is 1060. The van der Waals surface area contributed by atoms with Crippen molar-refractivity contribution in [1.82, 2.24) is 20.1 Å². The summed E-state index contributed by atoms with van der Waals surface area (Å²) in [4.78, 5) is 29.2. The molecule has 3 aromatic rings. The maximum atomic E-state index is 12.7. The fourth-order valence-corrected chi connectivity index (χ4v) is 3.83. The molecule has 0 saturated heterocycles. The number of carbonyl (C=O) groups is 2. The zero-order chi connectivity index (χ0) is 19.8. The molecule has 2 heterocycles. The summed E-state index contributed by atoms with van der Waals surface area (Å²) in [6.45, 7) is 1.50. The number of aromatic nitrogens is 3. The Morgan fingerprint density at radius 1 is 1.39 bits per heavy atom. The average Bonchev–Trinajstić information content (AvgIpc) is 3.36. The molecule has 1 aliphatic carbocycles. The molecule has 1 fully saturated rings. The van der Waals surface area contributed by atoms with Crippen molar-refractivity contribution in [2.24, 2.45) is 5.92 Å². The number of carbonyl (C=O) groups excluding carboxylic acids is 2. The molecule has 1 atom stereocenters. The predicted octanol–water partition coefficient (Wildman–Crippen LogP) is 2.59. The van der Waals surface area contributed by atoms with Crippen LogP contribution in [0.2, 0.25) is 5.02 Å². The molecule has 10 heteroatoms. The van der Waals surface area contributed by atoms with Gasteiger partial charge in [0.05, 0.1) is 17.3 Å². The first-order chi connectivity index (χ1) is 13.5. The molecule has 0 unspecified atom stereocenters. The third-order valence-electron chi connectivity index (χ3n) is 4.35. The lowest BCUT2D eigenvalue weighted by atomic mass is 10.3. The molecule has 4 rings (SSSR count). The van der Waals surface area contributed by atoms with Gasteiger partial charge in [-0.25, -0.2) is 4.68 Å². The number of amides is 2. The fourth-order valence-electron chi connectivity index (χ4n) is 2.69. The molecule has 3 N–H and O–H groups in total. The number of para-hydroxylation sites is 1. The molecule has 2 amide bonds. The van der Waals surface area contributed by atoms with Crippen molar-refractivity contribution in [2.75, 3.05) is 11.9 Å². The Morgan fingerprint density at radius 2 is 2.14 bits per heavy atom. The number of aliphatic hydroxyl groups is 1. The first-order valence-electron chi connectivity index (χ1n) is 8.85. The Kier molecular flexibility index (Phi) is 5.05. The van der Waals surface area contributed by atoms with E-state index in [0.717, 1.165) is 12.8 Å². The van der Waals surface area contributed by atoms with Crippen LogP contribution in [0.5, 0.6) is 0 Å². The van der Waals surface area contributed by atoms with Crippen LogP contribution in [-0.4, -0.2) is 44.3 Å². The number of thiazole rings is 1. The van der Waals surface area contributed by atoms with E-state index in [1.165, 1.54) is 16.0 Å². The first-order valence-corrected chi connectivity index (χ1v) is 10.0. The molecular weight excluding hydrogens is 402 g/mol. The van der Waals surface area contributed by atoms with Crippen molar-refractivity contribution >= 4 is 50.2 Å². The topological polar surface area (TPSA) is 109 Å². The number of anilines is 1. The highest BCUT2D eigenvalue weighted by Gasteiger charge is 2.31. The van der Waals surface area contributed by atoms with Crippen molar-refractivity contribution < 1.29 is 14.7 Å². The van der Waals surface area contributed by atoms with Gasteiger partial charge in [-0.05, 0) is 31.9 Å². The second-order valence-electron chi connectivity index (χ2n) is 6.70. The molecule has 2 aromatic heterocycles. The van der Waals surface area contributed by atoms with Gasteiger partial charge in [0.1, 0.15) is 4.70 Å². The molecule has 8 nitrogen and oxygen atoms in total. The van der Waals surface area contributed by atoms with Gasteiger partial charge in [-0.2, -0.15) is 10.1 Å². The monoisotopic (exact) mass is 419 g/mol. The summed E-state index contributed by atoms with van der Waals surface area (Å²) >= 11 is 7.50. The summed E-state index contributed by atoms with van der Waals surface area (Å²) in [6, 6.07) is 6.68. The highest BCUT2D eigenvalue weighted by atomic mass is 35.5. The van der Waals surface area contributed by atoms with Crippen LogP contribution in [0.25, 0.3) is 16.0 Å². The third kappa shape index (κ3) is 3.60. The zero-order valence-corrected chi connectivity index (χ0v) is 16.5. The summed E-state index contributed by atoms with van der Waals surface area (Å²) in [7, 11) is 0. The quantitative estimate of drug-likeness (QED) is 0.569. The van der Waals surface area contributed by atoms with Crippen molar-refractivity contribution in [3.63, 3.8) is 0 Å². The Labute approximate surface area is 169 Å². The van der Waals surface area contributed by atoms with E-state index >= 15 is 0 Å². The zero-order valence-electron chi connectivity index (χ0n) is 15.0. The number of aliphatic hydroxyl groups excluding tert-OH is 1. The lowest BCUT2D eigenvalue weighted by Gasteiger charge is -2.09. The minimum absolute atomic E-state index is 0.0419. The average molecular weight is 420 g/mol. The fraction of sp³-hybridized carbons (Fsp3) is 0.333. The van der Waals surface area contributed by atoms with Crippen LogP contribution in [0.1, 0.15) is 30.3 Å². The summed E-state index contributed by atoms with van der Waals surface area (Å²) in [5.41, 5.74) is 1.18. The summed E-state index contributed by atoms with van der Waals surface area (Å²) < 4.78 is 2.04. The van der Waals surface area contributed by atoms with Gasteiger partial charge in [0, 0.05) is 12.0 Å². The molecule has 28 heavy (non-hydrogen) atoms. The van der Waals surface area contributed by atoms with Crippen LogP contribution >= 0.6 is 22.9 Å². The van der Waals surface area contributed by atoms with Crippen LogP contribution < -0.4 is 10.6 Å². The molecule has 1 saturated carbocycles. The molecule has 0 radical (unpaired) electrons. The number of rotatable bonds is 6. The minimum atomic E-state index is -0.430. The van der Waals surface area contributed by atoms with Gasteiger partial charge >= 0.3 is 0 Å². The SMILES string of the molecule is C[C@H](CO)NC(=O)c1nn(-c2ccccc2Cl)c2nc(NC(=O)C3CC3)sc12. The Morgan fingerprint density at radius 3 is 2.82 bits per heavy atom. The smallest absolute Gasteiger partial charge is 0.273 e. The number of nitrogens with one attached hydrogen (secondary N) is 2. The Hall–Kier alpha value is -2.49. The molecule has 0 aliphatic heterocycles. The lowest BCUT2D eigenvalue weighted by Crippen LogP contribution is -2.35. The van der Waals surface area contributed by atoms with Gasteiger partial charge in [-0.1, -0.05) is 35.1 Å². The van der Waals surface area contributed by atoms with Crippen molar-refractivity contribution in [2.45, 2.75) is 25.8 Å². The van der Waals surface area contributed by atoms with E-state index in [1.54, 1.807) is 25.1 Å². The van der Waals surface area contributed by atoms with Gasteiger partial charge < -0.3 is 15.7 Å². The lowest BCUT2D eigenvalue weighted by molar-refractivity contribution is -0.117. The van der Waals surface area contributed by atoms with Crippen LogP contribution in [-0.2, 0) is 4.79 Å². The number of nitrogens with zero attached hydrogens (tertiary/aromatic N) is 3. The van der Waals surface area contributed by atoms with E-state index in [-0.39, 0.29) is 24.1 Å². The summed E-state index contributed by atoms with van der Waals surface area (Å²) in [5.74, 6) is -0.449. The van der Waals surface area contributed by atoms with Gasteiger partial charge in [0.2, 0.25) is 5.91 Å². The second kappa shape index (κ2) is 7.50. The number of hydrogen-bond acceptors (Lipinski definition) is 6. The van der Waals surface area contributed by atoms with Crippen LogP contribution in [0.4, 0.5) is 5.13 Å². The largest absolute Gasteiger partial charge is 0.394 e. The summed E-state index contributed by atoms with van der Waals surface area (Å²) in [5, 5.41) is 20.0. The van der Waals surface area contributed by atoms with Gasteiger partial charge in [-0.3, -0.25) is 9.59 Å². The first kappa shape index (κ1) is 18.9. The number of fused-ring (bicyclic) bond motifs is 1. The van der Waals surface area contributed by atoms with Gasteiger partial charge in [0.15, 0.2) is 16.5 Å². The maximum absolute atomic E-state index is 12.7. The molecule has 1 aliphatic rings. The van der Waals surface area contributed by atoms with E-state index in [0.29, 0.717) is 26.2 Å². The Balaban J connectivity index is 1.79. The second-order valence-corrected chi connectivity index (χ2v) is 8.11. The maximum Gasteiger partial charge on any atom is 0.273 e. The number of benzene rings is 1. The van der Waals surface area contributed by atoms with E-state index in [9.17, 15) is 14.7 Å². The van der Waals surface area contributed by atoms with Crippen LogP contribution in [0.15, 0.2) is 24.3 Å². The van der Waals surface area contributed by atoms with Crippen LogP contribution in [0.3, 0.4) is 0 Å². The highest BCUT2D eigenvalue weighted by molar-refractivity contribution is 7.22. The highest BCUT2D eigenvalue weighted by Crippen LogP contribution is 2.35. The molecule has 1 aromatic carbocycles. The molecule has 146 valence electrons. The standard InChI is InChI=1S/C18H18ClN5O3S/c1-9(8-25)20-17(27)13-14-15(21-18(28-14)22-16(26)10-6-7-10)24(23-13)12-5-3-2-4-11(12)19/h2-5,9-10,25H,6-8H2,1H3,(H,20,27)(H,21,22,26)/t9-/m1/s1.